The highest BCUT2D eigenvalue weighted by atomic mass is 16.2. The van der Waals surface area contributed by atoms with Crippen LogP contribution in [0.3, 0.4) is 0 Å². The molecule has 1 saturated heterocycles. The van der Waals surface area contributed by atoms with Crippen molar-refractivity contribution in [2.24, 2.45) is 5.92 Å². The summed E-state index contributed by atoms with van der Waals surface area (Å²) < 4.78 is 0. The van der Waals surface area contributed by atoms with Crippen molar-refractivity contribution in [3.8, 4) is 0 Å². The molecule has 0 bridgehead atoms. The fraction of sp³-hybridized carbons (Fsp3) is 0.625. The molecular formula is C16H22N4O2. The monoisotopic (exact) mass is 302 g/mol. The van der Waals surface area contributed by atoms with E-state index < -0.39 is 6.04 Å². The van der Waals surface area contributed by atoms with E-state index in [2.05, 4.69) is 29.1 Å². The number of piperazine rings is 1. The second-order valence-corrected chi connectivity index (χ2v) is 6.54. The van der Waals surface area contributed by atoms with Crippen molar-refractivity contribution >= 4 is 11.8 Å². The van der Waals surface area contributed by atoms with Crippen LogP contribution in [0.1, 0.15) is 55.2 Å². The highest BCUT2D eigenvalue weighted by molar-refractivity contribution is 5.97. The molecule has 2 fully saturated rings. The van der Waals surface area contributed by atoms with Crippen molar-refractivity contribution in [3.63, 3.8) is 0 Å². The van der Waals surface area contributed by atoms with E-state index in [1.54, 1.807) is 17.3 Å². The summed E-state index contributed by atoms with van der Waals surface area (Å²) in [7, 11) is 0. The van der Waals surface area contributed by atoms with Gasteiger partial charge in [0, 0.05) is 31.4 Å². The Balaban J connectivity index is 1.77. The molecular weight excluding hydrogens is 280 g/mol. The molecule has 0 aromatic carbocycles. The maximum absolute atomic E-state index is 12.7. The quantitative estimate of drug-likeness (QED) is 0.910. The number of nitrogens with zero attached hydrogens (tertiary/aromatic N) is 3. The Labute approximate surface area is 130 Å². The molecule has 2 heterocycles. The maximum Gasteiger partial charge on any atom is 0.257 e. The third kappa shape index (κ3) is 3.10. The van der Waals surface area contributed by atoms with Gasteiger partial charge in [-0.1, -0.05) is 13.8 Å². The molecule has 0 radical (unpaired) electrons. The summed E-state index contributed by atoms with van der Waals surface area (Å²) >= 11 is 0. The molecule has 1 aliphatic heterocycles. The molecule has 1 atom stereocenters. The molecule has 2 aliphatic rings. The van der Waals surface area contributed by atoms with Gasteiger partial charge >= 0.3 is 0 Å². The zero-order valence-corrected chi connectivity index (χ0v) is 13.1. The Morgan fingerprint density at radius 3 is 2.64 bits per heavy atom. The van der Waals surface area contributed by atoms with Crippen molar-refractivity contribution in [1.82, 2.24) is 20.2 Å². The smallest absolute Gasteiger partial charge is 0.257 e. The minimum Gasteiger partial charge on any atom is -0.353 e. The van der Waals surface area contributed by atoms with Gasteiger partial charge in [0.05, 0.1) is 5.56 Å². The average Bonchev–Trinajstić information content (AvgIpc) is 3.33. The van der Waals surface area contributed by atoms with Gasteiger partial charge in [0.2, 0.25) is 5.91 Å². The Kier molecular flexibility index (Phi) is 4.09. The Morgan fingerprint density at radius 1 is 1.36 bits per heavy atom. The SMILES string of the molecule is CC(C)CC1C(=O)NCCN1C(=O)c1cnc(C2CC2)nc1. The molecule has 6 nitrogen and oxygen atoms in total. The van der Waals surface area contributed by atoms with E-state index in [0.717, 1.165) is 18.7 Å². The fourth-order valence-electron chi connectivity index (χ4n) is 2.81. The fourth-order valence-corrected chi connectivity index (χ4v) is 2.81. The standard InChI is InChI=1S/C16H22N4O2/c1-10(2)7-13-15(21)17-5-6-20(13)16(22)12-8-18-14(19-9-12)11-3-4-11/h8-11,13H,3-7H2,1-2H3,(H,17,21). The van der Waals surface area contributed by atoms with Crippen molar-refractivity contribution in [2.75, 3.05) is 13.1 Å². The molecule has 1 aliphatic carbocycles. The van der Waals surface area contributed by atoms with E-state index in [4.69, 9.17) is 0 Å². The molecule has 1 aromatic rings. The molecule has 22 heavy (non-hydrogen) atoms. The first kappa shape index (κ1) is 14.9. The first-order chi connectivity index (χ1) is 10.6. The Hall–Kier alpha value is -1.98. The van der Waals surface area contributed by atoms with Crippen LogP contribution in [-0.2, 0) is 4.79 Å². The number of hydrogen-bond acceptors (Lipinski definition) is 4. The van der Waals surface area contributed by atoms with Crippen molar-refractivity contribution in [1.29, 1.82) is 0 Å². The topological polar surface area (TPSA) is 75.2 Å². The van der Waals surface area contributed by atoms with Crippen LogP contribution in [0.25, 0.3) is 0 Å². The second-order valence-electron chi connectivity index (χ2n) is 6.54. The van der Waals surface area contributed by atoms with Crippen molar-refractivity contribution < 1.29 is 9.59 Å². The van der Waals surface area contributed by atoms with Gasteiger partial charge in [0.1, 0.15) is 11.9 Å². The van der Waals surface area contributed by atoms with Gasteiger partial charge in [0.25, 0.3) is 5.91 Å². The van der Waals surface area contributed by atoms with Gasteiger partial charge in [0.15, 0.2) is 0 Å². The molecule has 1 N–H and O–H groups in total. The summed E-state index contributed by atoms with van der Waals surface area (Å²) in [5, 5.41) is 2.84. The lowest BCUT2D eigenvalue weighted by atomic mass is 9.99. The van der Waals surface area contributed by atoms with E-state index in [0.29, 0.717) is 36.9 Å². The van der Waals surface area contributed by atoms with E-state index in [-0.39, 0.29) is 11.8 Å². The first-order valence-electron chi connectivity index (χ1n) is 7.97. The van der Waals surface area contributed by atoms with Crippen LogP contribution < -0.4 is 5.32 Å². The first-order valence-corrected chi connectivity index (χ1v) is 7.97. The number of amides is 2. The molecule has 6 heteroatoms. The normalized spacial score (nSPS) is 21.9. The number of carbonyl (C=O) groups excluding carboxylic acids is 2. The van der Waals surface area contributed by atoms with Crippen molar-refractivity contribution in [2.45, 2.75) is 45.1 Å². The lowest BCUT2D eigenvalue weighted by molar-refractivity contribution is -0.128. The van der Waals surface area contributed by atoms with E-state index >= 15 is 0 Å². The molecule has 1 unspecified atom stereocenters. The number of carbonyl (C=O) groups is 2. The van der Waals surface area contributed by atoms with E-state index in [1.807, 2.05) is 0 Å². The molecule has 118 valence electrons. The summed E-state index contributed by atoms with van der Waals surface area (Å²) in [5.41, 5.74) is 0.466. The van der Waals surface area contributed by atoms with Crippen LogP contribution in [0.15, 0.2) is 12.4 Å². The van der Waals surface area contributed by atoms with E-state index in [1.165, 1.54) is 0 Å². The van der Waals surface area contributed by atoms with E-state index in [9.17, 15) is 9.59 Å². The summed E-state index contributed by atoms with van der Waals surface area (Å²) in [6.07, 6.45) is 6.13. The van der Waals surface area contributed by atoms with Crippen LogP contribution in [0.2, 0.25) is 0 Å². The van der Waals surface area contributed by atoms with Crippen molar-refractivity contribution in [3.05, 3.63) is 23.8 Å². The molecule has 1 saturated carbocycles. The lowest BCUT2D eigenvalue weighted by Crippen LogP contribution is -2.57. The van der Waals surface area contributed by atoms with Gasteiger partial charge < -0.3 is 10.2 Å². The highest BCUT2D eigenvalue weighted by Gasteiger charge is 2.34. The zero-order valence-electron chi connectivity index (χ0n) is 13.1. The second kappa shape index (κ2) is 6.02. The van der Waals surface area contributed by atoms with Gasteiger partial charge in [-0.2, -0.15) is 0 Å². The Bertz CT molecular complexity index is 566. The lowest BCUT2D eigenvalue weighted by Gasteiger charge is -2.35. The Morgan fingerprint density at radius 2 is 2.05 bits per heavy atom. The third-order valence-electron chi connectivity index (χ3n) is 4.15. The largest absolute Gasteiger partial charge is 0.353 e. The van der Waals surface area contributed by atoms with Gasteiger partial charge in [-0.15, -0.1) is 0 Å². The molecule has 0 spiro atoms. The molecule has 1 aromatic heterocycles. The maximum atomic E-state index is 12.7. The summed E-state index contributed by atoms with van der Waals surface area (Å²) in [6, 6.07) is -0.399. The predicted molar refractivity (Wildman–Crippen MR) is 81.3 cm³/mol. The minimum atomic E-state index is -0.399. The number of rotatable bonds is 4. The van der Waals surface area contributed by atoms with Crippen LogP contribution in [0, 0.1) is 5.92 Å². The summed E-state index contributed by atoms with van der Waals surface area (Å²) in [5.74, 6) is 1.43. The summed E-state index contributed by atoms with van der Waals surface area (Å²) in [6.45, 7) is 5.14. The van der Waals surface area contributed by atoms with Crippen LogP contribution in [0.5, 0.6) is 0 Å². The van der Waals surface area contributed by atoms with Gasteiger partial charge in [-0.05, 0) is 25.2 Å². The van der Waals surface area contributed by atoms with Crippen LogP contribution >= 0.6 is 0 Å². The summed E-state index contributed by atoms with van der Waals surface area (Å²) in [4.78, 5) is 35.1. The molecule has 2 amide bonds. The van der Waals surface area contributed by atoms with Crippen LogP contribution in [-0.4, -0.2) is 45.8 Å². The predicted octanol–water partition coefficient (Wildman–Crippen LogP) is 1.34. The van der Waals surface area contributed by atoms with Gasteiger partial charge in [-0.3, -0.25) is 9.59 Å². The number of aromatic nitrogens is 2. The minimum absolute atomic E-state index is 0.0659. The number of nitrogens with one attached hydrogen (secondary N) is 1. The van der Waals surface area contributed by atoms with Gasteiger partial charge in [-0.25, -0.2) is 9.97 Å². The van der Waals surface area contributed by atoms with Crippen LogP contribution in [0.4, 0.5) is 0 Å². The number of hydrogen-bond donors (Lipinski definition) is 1. The third-order valence-corrected chi connectivity index (χ3v) is 4.15. The highest BCUT2D eigenvalue weighted by Crippen LogP contribution is 2.37. The average molecular weight is 302 g/mol. The molecule has 3 rings (SSSR count). The zero-order chi connectivity index (χ0) is 15.7.